The molecule has 0 aliphatic heterocycles. The number of halogens is 2. The van der Waals surface area contributed by atoms with Crippen molar-refractivity contribution in [2.45, 2.75) is 17.4 Å². The lowest BCUT2D eigenvalue weighted by atomic mass is 10.2. The molecule has 0 saturated heterocycles. The van der Waals surface area contributed by atoms with Gasteiger partial charge in [-0.05, 0) is 43.3 Å². The number of benzene rings is 2. The molecule has 4 nitrogen and oxygen atoms in total. The van der Waals surface area contributed by atoms with Crippen LogP contribution in [0.4, 0.5) is 5.69 Å². The molecule has 1 aromatic heterocycles. The van der Waals surface area contributed by atoms with Crippen LogP contribution < -0.4 is 10.1 Å². The summed E-state index contributed by atoms with van der Waals surface area (Å²) in [4.78, 5) is 17.0. The Morgan fingerprint density at radius 3 is 2.93 bits per heavy atom. The third kappa shape index (κ3) is 5.17. The van der Waals surface area contributed by atoms with Gasteiger partial charge >= 0.3 is 0 Å². The Hall–Kier alpha value is -1.73. The van der Waals surface area contributed by atoms with E-state index in [4.69, 9.17) is 27.9 Å². The van der Waals surface area contributed by atoms with Gasteiger partial charge in [-0.2, -0.15) is 0 Å². The Bertz CT molecular complexity index is 991. The van der Waals surface area contributed by atoms with Gasteiger partial charge in [0.2, 0.25) is 0 Å². The predicted molar refractivity (Wildman–Crippen MR) is 116 cm³/mol. The lowest BCUT2D eigenvalue weighted by Gasteiger charge is -2.15. The summed E-state index contributed by atoms with van der Waals surface area (Å²) < 4.78 is 7.63. The molecule has 3 aromatic rings. The maximum Gasteiger partial charge on any atom is 0.265 e. The Kier molecular flexibility index (Phi) is 6.65. The number of nitrogens with zero attached hydrogens (tertiary/aromatic N) is 1. The van der Waals surface area contributed by atoms with E-state index >= 15 is 0 Å². The first-order chi connectivity index (χ1) is 13.0. The van der Waals surface area contributed by atoms with E-state index in [1.165, 1.54) is 0 Å². The zero-order valence-corrected chi connectivity index (χ0v) is 17.5. The highest BCUT2D eigenvalue weighted by molar-refractivity contribution is 8.01. The van der Waals surface area contributed by atoms with E-state index < -0.39 is 6.10 Å². The summed E-state index contributed by atoms with van der Waals surface area (Å²) in [6, 6.07) is 10.5. The molecule has 1 N–H and O–H groups in total. The summed E-state index contributed by atoms with van der Waals surface area (Å²) in [5, 5.41) is 3.73. The fourth-order valence-corrected chi connectivity index (χ4v) is 4.55. The van der Waals surface area contributed by atoms with Gasteiger partial charge in [0.1, 0.15) is 5.75 Å². The van der Waals surface area contributed by atoms with Crippen molar-refractivity contribution in [1.82, 2.24) is 4.98 Å². The van der Waals surface area contributed by atoms with Gasteiger partial charge in [0.15, 0.2) is 10.4 Å². The Morgan fingerprint density at radius 2 is 2.19 bits per heavy atom. The molecule has 140 valence electrons. The minimum Gasteiger partial charge on any atom is -0.479 e. The SMILES string of the molecule is C=CCSc1nc2ccc(NC(=O)[C@H](C)Oc3ccc(Cl)cc3Cl)cc2s1. The average Bonchev–Trinajstić information content (AvgIpc) is 3.04. The van der Waals surface area contributed by atoms with Crippen molar-refractivity contribution in [3.05, 3.63) is 59.1 Å². The molecule has 8 heteroatoms. The highest BCUT2D eigenvalue weighted by atomic mass is 35.5. The summed E-state index contributed by atoms with van der Waals surface area (Å²) >= 11 is 15.2. The first-order valence-corrected chi connectivity index (χ1v) is 10.6. The number of aromatic nitrogens is 1. The van der Waals surface area contributed by atoms with Crippen LogP contribution in [0.5, 0.6) is 5.75 Å². The normalized spacial score (nSPS) is 12.0. The lowest BCUT2D eigenvalue weighted by molar-refractivity contribution is -0.122. The van der Waals surface area contributed by atoms with Gasteiger partial charge in [0.25, 0.3) is 5.91 Å². The second-order valence-electron chi connectivity index (χ2n) is 5.59. The molecule has 0 bridgehead atoms. The smallest absolute Gasteiger partial charge is 0.265 e. The highest BCUT2D eigenvalue weighted by Crippen LogP contribution is 2.32. The van der Waals surface area contributed by atoms with Crippen LogP contribution in [0.15, 0.2) is 53.4 Å². The van der Waals surface area contributed by atoms with Crippen LogP contribution in [-0.4, -0.2) is 22.7 Å². The molecule has 1 atom stereocenters. The maximum atomic E-state index is 12.4. The monoisotopic (exact) mass is 438 g/mol. The molecular formula is C19H16Cl2N2O2S2. The summed E-state index contributed by atoms with van der Waals surface area (Å²) in [5.41, 5.74) is 1.59. The molecule has 0 aliphatic rings. The third-order valence-electron chi connectivity index (χ3n) is 3.53. The first-order valence-electron chi connectivity index (χ1n) is 8.03. The van der Waals surface area contributed by atoms with Gasteiger partial charge in [-0.1, -0.05) is 41.0 Å². The van der Waals surface area contributed by atoms with Crippen LogP contribution in [0.1, 0.15) is 6.92 Å². The van der Waals surface area contributed by atoms with E-state index in [1.807, 2.05) is 24.3 Å². The highest BCUT2D eigenvalue weighted by Gasteiger charge is 2.17. The molecule has 0 saturated carbocycles. The van der Waals surface area contributed by atoms with Gasteiger partial charge in [0.05, 0.1) is 15.2 Å². The number of thiazole rings is 1. The van der Waals surface area contributed by atoms with E-state index in [0.29, 0.717) is 21.5 Å². The lowest BCUT2D eigenvalue weighted by Crippen LogP contribution is -2.30. The van der Waals surface area contributed by atoms with Crippen molar-refractivity contribution in [2.75, 3.05) is 11.1 Å². The number of rotatable bonds is 7. The van der Waals surface area contributed by atoms with Gasteiger partial charge in [-0.25, -0.2) is 4.98 Å². The molecule has 0 aliphatic carbocycles. The molecule has 0 fully saturated rings. The summed E-state index contributed by atoms with van der Waals surface area (Å²) in [7, 11) is 0. The van der Waals surface area contributed by atoms with Crippen molar-refractivity contribution in [1.29, 1.82) is 0 Å². The van der Waals surface area contributed by atoms with E-state index in [1.54, 1.807) is 48.2 Å². The minimum atomic E-state index is -0.723. The fraction of sp³-hybridized carbons (Fsp3) is 0.158. The van der Waals surface area contributed by atoms with E-state index in [-0.39, 0.29) is 5.91 Å². The number of carbonyl (C=O) groups is 1. The predicted octanol–water partition coefficient (Wildman–Crippen LogP) is 6.29. The number of nitrogens with one attached hydrogen (secondary N) is 1. The van der Waals surface area contributed by atoms with Crippen LogP contribution in [0.25, 0.3) is 10.2 Å². The molecule has 1 amide bonds. The number of hydrogen-bond acceptors (Lipinski definition) is 5. The molecule has 0 radical (unpaired) electrons. The van der Waals surface area contributed by atoms with Gasteiger partial charge in [0, 0.05) is 16.5 Å². The first kappa shape index (κ1) is 20.0. The Balaban J connectivity index is 1.68. The second-order valence-corrected chi connectivity index (χ2v) is 8.73. The summed E-state index contributed by atoms with van der Waals surface area (Å²) in [6.45, 7) is 5.38. The summed E-state index contributed by atoms with van der Waals surface area (Å²) in [5.74, 6) is 0.947. The molecule has 3 rings (SSSR count). The van der Waals surface area contributed by atoms with Crippen LogP contribution >= 0.6 is 46.3 Å². The van der Waals surface area contributed by atoms with Crippen molar-refractivity contribution in [2.24, 2.45) is 0 Å². The Labute approximate surface area is 175 Å². The van der Waals surface area contributed by atoms with Crippen LogP contribution in [0.3, 0.4) is 0 Å². The largest absolute Gasteiger partial charge is 0.479 e. The third-order valence-corrected chi connectivity index (χ3v) is 6.22. The molecule has 1 heterocycles. The molecular weight excluding hydrogens is 423 g/mol. The van der Waals surface area contributed by atoms with E-state index in [2.05, 4.69) is 16.9 Å². The number of hydrogen-bond donors (Lipinski definition) is 1. The molecule has 2 aromatic carbocycles. The van der Waals surface area contributed by atoms with E-state index in [9.17, 15) is 4.79 Å². The maximum absolute atomic E-state index is 12.4. The van der Waals surface area contributed by atoms with Crippen molar-refractivity contribution < 1.29 is 9.53 Å². The topological polar surface area (TPSA) is 51.2 Å². The van der Waals surface area contributed by atoms with E-state index in [0.717, 1.165) is 20.3 Å². The fourth-order valence-electron chi connectivity index (χ4n) is 2.23. The summed E-state index contributed by atoms with van der Waals surface area (Å²) in [6.07, 6.45) is 1.12. The average molecular weight is 439 g/mol. The number of thioether (sulfide) groups is 1. The van der Waals surface area contributed by atoms with Crippen LogP contribution in [0, 0.1) is 0 Å². The van der Waals surface area contributed by atoms with Crippen molar-refractivity contribution in [3.8, 4) is 5.75 Å². The van der Waals surface area contributed by atoms with Crippen molar-refractivity contribution >= 4 is 68.1 Å². The van der Waals surface area contributed by atoms with Gasteiger partial charge in [-0.15, -0.1) is 17.9 Å². The molecule has 0 spiro atoms. The minimum absolute atomic E-state index is 0.272. The Morgan fingerprint density at radius 1 is 1.37 bits per heavy atom. The zero-order chi connectivity index (χ0) is 19.4. The number of ether oxygens (including phenoxy) is 1. The number of anilines is 1. The number of amides is 1. The number of fused-ring (bicyclic) bond motifs is 1. The van der Waals surface area contributed by atoms with Crippen LogP contribution in [0.2, 0.25) is 10.0 Å². The zero-order valence-electron chi connectivity index (χ0n) is 14.4. The van der Waals surface area contributed by atoms with Crippen molar-refractivity contribution in [3.63, 3.8) is 0 Å². The van der Waals surface area contributed by atoms with Gasteiger partial charge < -0.3 is 10.1 Å². The molecule has 0 unspecified atom stereocenters. The standard InChI is InChI=1S/C19H16Cl2N2O2S2/c1-3-8-26-19-23-15-6-5-13(10-17(15)27-19)22-18(24)11(2)25-16-7-4-12(20)9-14(16)21/h3-7,9-11H,1,8H2,2H3,(H,22,24)/t11-/m0/s1. The van der Waals surface area contributed by atoms with Crippen LogP contribution in [-0.2, 0) is 4.79 Å². The quantitative estimate of drug-likeness (QED) is 0.347. The second kappa shape index (κ2) is 8.97. The number of carbonyl (C=O) groups excluding carboxylic acids is 1. The molecule has 27 heavy (non-hydrogen) atoms. The van der Waals surface area contributed by atoms with Gasteiger partial charge in [-0.3, -0.25) is 4.79 Å².